The van der Waals surface area contributed by atoms with E-state index in [4.69, 9.17) is 16.3 Å². The van der Waals surface area contributed by atoms with Crippen molar-refractivity contribution in [3.8, 4) is 0 Å². The van der Waals surface area contributed by atoms with Crippen molar-refractivity contribution in [3.63, 3.8) is 0 Å². The molecule has 0 spiro atoms. The summed E-state index contributed by atoms with van der Waals surface area (Å²) in [6.07, 6.45) is 3.03. The van der Waals surface area contributed by atoms with Crippen LogP contribution in [0.4, 0.5) is 0 Å². The van der Waals surface area contributed by atoms with Crippen molar-refractivity contribution >= 4 is 17.8 Å². The van der Waals surface area contributed by atoms with Crippen molar-refractivity contribution in [1.29, 1.82) is 0 Å². The van der Waals surface area contributed by atoms with Gasteiger partial charge >= 0.3 is 0 Å². The van der Waals surface area contributed by atoms with Crippen LogP contribution >= 0.6 is 11.6 Å². The molecule has 0 N–H and O–H groups in total. The largest absolute Gasteiger partial charge is 0.492 e. The Balaban J connectivity index is 2.58. The summed E-state index contributed by atoms with van der Waals surface area (Å²) in [6.45, 7) is 0.538. The van der Waals surface area contributed by atoms with Crippen molar-refractivity contribution in [2.75, 3.05) is 6.61 Å². The fourth-order valence-corrected chi connectivity index (χ4v) is 0.447. The highest BCUT2D eigenvalue weighted by atomic mass is 35.5. The molecule has 0 saturated heterocycles. The summed E-state index contributed by atoms with van der Waals surface area (Å²) in [4.78, 5) is 3.71. The molecule has 0 atom stereocenters. The minimum Gasteiger partial charge on any atom is -0.492 e. The third-order valence-electron chi connectivity index (χ3n) is 0.566. The number of hydrogen-bond acceptors (Lipinski definition) is 2. The molecular formula is C4H4ClNO. The first-order chi connectivity index (χ1) is 3.39. The lowest BCUT2D eigenvalue weighted by Gasteiger charge is -1.98. The van der Waals surface area contributed by atoms with E-state index in [-0.39, 0.29) is 0 Å². The molecule has 0 radical (unpaired) electrons. The fourth-order valence-electron chi connectivity index (χ4n) is 0.315. The maximum Gasteiger partial charge on any atom is 0.163 e. The van der Waals surface area contributed by atoms with E-state index in [1.165, 1.54) is 6.26 Å². The quantitative estimate of drug-likeness (QED) is 0.436. The van der Waals surface area contributed by atoms with Gasteiger partial charge in [0.1, 0.15) is 12.9 Å². The molecule has 0 saturated carbocycles. The molecule has 2 nitrogen and oxygen atoms in total. The van der Waals surface area contributed by atoms with Gasteiger partial charge in [0.05, 0.1) is 0 Å². The monoisotopic (exact) mass is 117 g/mol. The van der Waals surface area contributed by atoms with Crippen LogP contribution in [-0.4, -0.2) is 12.8 Å². The number of rotatable bonds is 0. The van der Waals surface area contributed by atoms with Gasteiger partial charge in [0.15, 0.2) is 5.16 Å². The molecule has 1 rings (SSSR count). The summed E-state index contributed by atoms with van der Waals surface area (Å²) in [6, 6.07) is 0. The zero-order valence-corrected chi connectivity index (χ0v) is 4.35. The van der Waals surface area contributed by atoms with Crippen molar-refractivity contribution < 1.29 is 4.74 Å². The lowest BCUT2D eigenvalue weighted by Crippen LogP contribution is -1.92. The van der Waals surface area contributed by atoms with Crippen LogP contribution in [0, 0.1) is 0 Å². The Morgan fingerprint density at radius 2 is 2.71 bits per heavy atom. The molecule has 0 unspecified atom stereocenters. The first-order valence-electron chi connectivity index (χ1n) is 1.89. The number of ether oxygens (including phenoxy) is 1. The molecule has 1 aliphatic heterocycles. The van der Waals surface area contributed by atoms with Crippen molar-refractivity contribution in [2.24, 2.45) is 4.99 Å². The van der Waals surface area contributed by atoms with Crippen LogP contribution in [0.1, 0.15) is 0 Å². The van der Waals surface area contributed by atoms with Gasteiger partial charge in [-0.3, -0.25) is 0 Å². The van der Waals surface area contributed by atoms with Crippen LogP contribution in [0.3, 0.4) is 0 Å². The average Bonchev–Trinajstić information content (AvgIpc) is 1.69. The molecule has 0 fully saturated rings. The van der Waals surface area contributed by atoms with E-state index in [0.717, 1.165) is 0 Å². The van der Waals surface area contributed by atoms with Crippen LogP contribution in [-0.2, 0) is 4.74 Å². The van der Waals surface area contributed by atoms with E-state index in [9.17, 15) is 0 Å². The lowest BCUT2D eigenvalue weighted by atomic mass is 10.7. The van der Waals surface area contributed by atoms with E-state index in [1.807, 2.05) is 0 Å². The fraction of sp³-hybridized carbons (Fsp3) is 0.250. The zero-order chi connectivity index (χ0) is 5.11. The summed E-state index contributed by atoms with van der Waals surface area (Å²) in [5.41, 5.74) is 0. The minimum absolute atomic E-state index is 0.409. The van der Waals surface area contributed by atoms with Crippen LogP contribution in [0.2, 0.25) is 0 Å². The second-order valence-corrected chi connectivity index (χ2v) is 1.47. The molecule has 0 aliphatic carbocycles. The van der Waals surface area contributed by atoms with Crippen LogP contribution in [0.15, 0.2) is 16.4 Å². The Morgan fingerprint density at radius 3 is 3.00 bits per heavy atom. The highest BCUT2D eigenvalue weighted by Gasteiger charge is 1.89. The summed E-state index contributed by atoms with van der Waals surface area (Å²) in [7, 11) is 0. The average molecular weight is 118 g/mol. The molecule has 1 heterocycles. The smallest absolute Gasteiger partial charge is 0.163 e. The Labute approximate surface area is 46.5 Å². The van der Waals surface area contributed by atoms with Crippen LogP contribution < -0.4 is 0 Å². The van der Waals surface area contributed by atoms with Gasteiger partial charge in [-0.2, -0.15) is 0 Å². The standard InChI is InChI=1S/C4H4ClNO/c5-4-3-7-2-1-6-4/h1,3H,2H2. The predicted octanol–water partition coefficient (Wildman–Crippen LogP) is 1.13. The van der Waals surface area contributed by atoms with E-state index in [0.29, 0.717) is 11.8 Å². The molecule has 1 aliphatic rings. The summed E-state index contributed by atoms with van der Waals surface area (Å²) in [5, 5.41) is 0.409. The van der Waals surface area contributed by atoms with Gasteiger partial charge in [0.25, 0.3) is 0 Å². The third kappa shape index (κ3) is 1.20. The number of nitrogens with zero attached hydrogens (tertiary/aromatic N) is 1. The molecule has 3 heteroatoms. The minimum atomic E-state index is 0.409. The number of halogens is 1. The highest BCUT2D eigenvalue weighted by Crippen LogP contribution is 2.04. The first-order valence-corrected chi connectivity index (χ1v) is 2.27. The van der Waals surface area contributed by atoms with Crippen LogP contribution in [0.5, 0.6) is 0 Å². The van der Waals surface area contributed by atoms with Crippen molar-refractivity contribution in [1.82, 2.24) is 0 Å². The molecule has 0 aromatic carbocycles. The zero-order valence-electron chi connectivity index (χ0n) is 3.60. The molecule has 0 amide bonds. The summed E-state index contributed by atoms with van der Waals surface area (Å²) >= 11 is 5.35. The molecule has 0 aromatic rings. The molecule has 0 bridgehead atoms. The molecule has 7 heavy (non-hydrogen) atoms. The van der Waals surface area contributed by atoms with Crippen molar-refractivity contribution in [3.05, 3.63) is 11.4 Å². The van der Waals surface area contributed by atoms with Crippen molar-refractivity contribution in [2.45, 2.75) is 0 Å². The van der Waals surface area contributed by atoms with Gasteiger partial charge in [0.2, 0.25) is 0 Å². The predicted molar refractivity (Wildman–Crippen MR) is 28.4 cm³/mol. The van der Waals surface area contributed by atoms with E-state index >= 15 is 0 Å². The van der Waals surface area contributed by atoms with Gasteiger partial charge in [-0.1, -0.05) is 11.6 Å². The summed E-state index contributed by atoms with van der Waals surface area (Å²) in [5.74, 6) is 0. The number of aliphatic imine (C=N–C) groups is 1. The van der Waals surface area contributed by atoms with Gasteiger partial charge in [-0.25, -0.2) is 4.99 Å². The molecular weight excluding hydrogens is 114 g/mol. The topological polar surface area (TPSA) is 21.6 Å². The van der Waals surface area contributed by atoms with E-state index in [2.05, 4.69) is 4.99 Å². The molecule has 38 valence electrons. The van der Waals surface area contributed by atoms with E-state index in [1.54, 1.807) is 6.21 Å². The third-order valence-corrected chi connectivity index (χ3v) is 0.753. The van der Waals surface area contributed by atoms with E-state index < -0.39 is 0 Å². The van der Waals surface area contributed by atoms with Gasteiger partial charge in [-0.05, 0) is 0 Å². The highest BCUT2D eigenvalue weighted by molar-refractivity contribution is 6.29. The van der Waals surface area contributed by atoms with Gasteiger partial charge in [0, 0.05) is 6.21 Å². The first kappa shape index (κ1) is 4.65. The Kier molecular flexibility index (Phi) is 1.32. The SMILES string of the molecule is ClC1=COCC=N1. The van der Waals surface area contributed by atoms with Gasteiger partial charge < -0.3 is 4.74 Å². The second-order valence-electron chi connectivity index (χ2n) is 1.09. The molecule has 0 aromatic heterocycles. The Hall–Kier alpha value is -0.500. The lowest BCUT2D eigenvalue weighted by molar-refractivity contribution is 0.299. The maximum absolute atomic E-state index is 5.35. The Morgan fingerprint density at radius 1 is 1.86 bits per heavy atom. The van der Waals surface area contributed by atoms with Crippen LogP contribution in [0.25, 0.3) is 0 Å². The maximum atomic E-state index is 5.35. The van der Waals surface area contributed by atoms with Gasteiger partial charge in [-0.15, -0.1) is 0 Å². The second kappa shape index (κ2) is 1.98. The number of hydrogen-bond donors (Lipinski definition) is 0. The normalized spacial score (nSPS) is 18.1. The summed E-state index contributed by atoms with van der Waals surface area (Å²) < 4.78 is 4.74. The Bertz CT molecular complexity index is 119.